The Kier molecular flexibility index (Phi) is 7.86. The van der Waals surface area contributed by atoms with Gasteiger partial charge in [0.1, 0.15) is 0 Å². The SMILES string of the molecule is CCc1ccccc1NC(=O)CN1CCN(C(=O)C2(c3ccccc3)CCN(C(C)=O)CC2)CC1. The number of para-hydroxylation sites is 1. The average Bonchev–Trinajstić information content (AvgIpc) is 2.89. The Balaban J connectivity index is 1.38. The molecule has 0 radical (unpaired) electrons. The molecular formula is C28H36N4O3. The van der Waals surface area contributed by atoms with E-state index in [9.17, 15) is 14.4 Å². The quantitative estimate of drug-likeness (QED) is 0.696. The van der Waals surface area contributed by atoms with Crippen LogP contribution in [0.25, 0.3) is 0 Å². The Morgan fingerprint density at radius 1 is 0.829 bits per heavy atom. The third-order valence-corrected chi connectivity index (χ3v) is 7.50. The van der Waals surface area contributed by atoms with Crippen LogP contribution in [0.1, 0.15) is 37.8 Å². The minimum atomic E-state index is -0.601. The zero-order valence-corrected chi connectivity index (χ0v) is 20.8. The highest BCUT2D eigenvalue weighted by Gasteiger charge is 2.45. The van der Waals surface area contributed by atoms with E-state index in [0.29, 0.717) is 58.7 Å². The monoisotopic (exact) mass is 476 g/mol. The molecule has 2 fully saturated rings. The third kappa shape index (κ3) is 5.56. The molecule has 3 amide bonds. The summed E-state index contributed by atoms with van der Waals surface area (Å²) in [6.07, 6.45) is 2.13. The van der Waals surface area contributed by atoms with Crippen LogP contribution in [0.2, 0.25) is 0 Å². The molecule has 0 saturated carbocycles. The lowest BCUT2D eigenvalue weighted by atomic mass is 9.71. The normalized spacial score (nSPS) is 18.2. The fourth-order valence-electron chi connectivity index (χ4n) is 5.34. The second kappa shape index (κ2) is 11.0. The molecular weight excluding hydrogens is 440 g/mol. The number of carbonyl (C=O) groups is 3. The molecule has 0 unspecified atom stereocenters. The van der Waals surface area contributed by atoms with E-state index in [-0.39, 0.29) is 17.7 Å². The van der Waals surface area contributed by atoms with Gasteiger partial charge in [-0.1, -0.05) is 55.5 Å². The first-order valence-electron chi connectivity index (χ1n) is 12.6. The number of hydrogen-bond acceptors (Lipinski definition) is 4. The standard InChI is InChI=1S/C28H36N4O3/c1-3-23-9-7-8-12-25(23)29-26(34)21-30-17-19-32(20-18-30)27(35)28(24-10-5-4-6-11-24)13-15-31(16-14-28)22(2)33/h4-12H,3,13-21H2,1-2H3,(H,29,34). The summed E-state index contributed by atoms with van der Waals surface area (Å²) in [4.78, 5) is 44.4. The summed E-state index contributed by atoms with van der Waals surface area (Å²) in [5, 5.41) is 3.04. The van der Waals surface area contributed by atoms with Crippen LogP contribution in [-0.2, 0) is 26.2 Å². The molecule has 7 nitrogen and oxygen atoms in total. The Hall–Kier alpha value is -3.19. The Labute approximate surface area is 208 Å². The lowest BCUT2D eigenvalue weighted by Crippen LogP contribution is -2.58. The molecule has 186 valence electrons. The van der Waals surface area contributed by atoms with Crippen LogP contribution in [0.4, 0.5) is 5.69 Å². The van der Waals surface area contributed by atoms with Gasteiger partial charge in [-0.3, -0.25) is 19.3 Å². The Morgan fingerprint density at radius 2 is 1.46 bits per heavy atom. The fraction of sp³-hybridized carbons (Fsp3) is 0.464. The second-order valence-electron chi connectivity index (χ2n) is 9.58. The van der Waals surface area contributed by atoms with Gasteiger partial charge in [-0.25, -0.2) is 0 Å². The molecule has 2 heterocycles. The molecule has 2 aromatic carbocycles. The first kappa shape index (κ1) is 24.9. The first-order valence-corrected chi connectivity index (χ1v) is 12.6. The molecule has 2 aliphatic heterocycles. The number of likely N-dealkylation sites (tertiary alicyclic amines) is 1. The predicted octanol–water partition coefficient (Wildman–Crippen LogP) is 2.91. The van der Waals surface area contributed by atoms with Gasteiger partial charge in [-0.05, 0) is 36.5 Å². The zero-order valence-electron chi connectivity index (χ0n) is 20.8. The Bertz CT molecular complexity index is 1040. The van der Waals surface area contributed by atoms with Crippen molar-refractivity contribution < 1.29 is 14.4 Å². The summed E-state index contributed by atoms with van der Waals surface area (Å²) in [6, 6.07) is 17.9. The number of nitrogens with zero attached hydrogens (tertiary/aromatic N) is 3. The van der Waals surface area contributed by atoms with Crippen molar-refractivity contribution in [3.05, 3.63) is 65.7 Å². The van der Waals surface area contributed by atoms with Crippen molar-refractivity contribution >= 4 is 23.4 Å². The van der Waals surface area contributed by atoms with Gasteiger partial charge in [0.2, 0.25) is 17.7 Å². The van der Waals surface area contributed by atoms with Crippen LogP contribution >= 0.6 is 0 Å². The van der Waals surface area contributed by atoms with E-state index in [1.165, 1.54) is 0 Å². The molecule has 35 heavy (non-hydrogen) atoms. The van der Waals surface area contributed by atoms with Gasteiger partial charge in [0.15, 0.2) is 0 Å². The summed E-state index contributed by atoms with van der Waals surface area (Å²) >= 11 is 0. The number of hydrogen-bond donors (Lipinski definition) is 1. The lowest BCUT2D eigenvalue weighted by molar-refractivity contribution is -0.144. The van der Waals surface area contributed by atoms with E-state index in [2.05, 4.69) is 17.1 Å². The number of rotatable bonds is 6. The van der Waals surface area contributed by atoms with Crippen LogP contribution < -0.4 is 5.32 Å². The number of nitrogens with one attached hydrogen (secondary N) is 1. The fourth-order valence-corrected chi connectivity index (χ4v) is 5.34. The van der Waals surface area contributed by atoms with Crippen LogP contribution in [-0.4, -0.2) is 78.2 Å². The van der Waals surface area contributed by atoms with Gasteiger partial charge >= 0.3 is 0 Å². The van der Waals surface area contributed by atoms with Gasteiger partial charge in [0.05, 0.1) is 12.0 Å². The minimum absolute atomic E-state index is 0.0250. The number of aryl methyl sites for hydroxylation is 1. The number of anilines is 1. The highest BCUT2D eigenvalue weighted by molar-refractivity contribution is 5.93. The van der Waals surface area contributed by atoms with Gasteiger partial charge in [-0.15, -0.1) is 0 Å². The summed E-state index contributed by atoms with van der Waals surface area (Å²) in [7, 11) is 0. The summed E-state index contributed by atoms with van der Waals surface area (Å²) < 4.78 is 0. The summed E-state index contributed by atoms with van der Waals surface area (Å²) in [6.45, 7) is 7.70. The highest BCUT2D eigenvalue weighted by atomic mass is 16.2. The average molecular weight is 477 g/mol. The molecule has 0 bridgehead atoms. The molecule has 0 aromatic heterocycles. The summed E-state index contributed by atoms with van der Waals surface area (Å²) in [5.41, 5.74) is 2.43. The number of carbonyl (C=O) groups excluding carboxylic acids is 3. The molecule has 2 aliphatic rings. The first-order chi connectivity index (χ1) is 16.9. The zero-order chi connectivity index (χ0) is 24.8. The second-order valence-corrected chi connectivity index (χ2v) is 9.58. The predicted molar refractivity (Wildman–Crippen MR) is 137 cm³/mol. The van der Waals surface area contributed by atoms with Crippen LogP contribution in [0.5, 0.6) is 0 Å². The van der Waals surface area contributed by atoms with Gasteiger partial charge in [0.25, 0.3) is 0 Å². The van der Waals surface area contributed by atoms with Crippen molar-refractivity contribution in [2.45, 2.75) is 38.5 Å². The summed E-state index contributed by atoms with van der Waals surface area (Å²) in [5.74, 6) is 0.184. The molecule has 2 aromatic rings. The minimum Gasteiger partial charge on any atom is -0.343 e. The maximum absolute atomic E-state index is 13.9. The number of amides is 3. The molecule has 0 aliphatic carbocycles. The maximum Gasteiger partial charge on any atom is 0.238 e. The van der Waals surface area contributed by atoms with E-state index in [4.69, 9.17) is 0 Å². The van der Waals surface area contributed by atoms with Crippen LogP contribution in [0.3, 0.4) is 0 Å². The Morgan fingerprint density at radius 3 is 2.09 bits per heavy atom. The number of benzene rings is 2. The number of piperazine rings is 1. The van der Waals surface area contributed by atoms with Crippen molar-refractivity contribution in [2.75, 3.05) is 51.1 Å². The molecule has 2 saturated heterocycles. The largest absolute Gasteiger partial charge is 0.343 e. The molecule has 1 N–H and O–H groups in total. The smallest absolute Gasteiger partial charge is 0.238 e. The van der Waals surface area contributed by atoms with Gasteiger partial charge in [-0.2, -0.15) is 0 Å². The third-order valence-electron chi connectivity index (χ3n) is 7.50. The molecule has 4 rings (SSSR count). The van der Waals surface area contributed by atoms with Crippen LogP contribution in [0, 0.1) is 0 Å². The van der Waals surface area contributed by atoms with E-state index in [1.54, 1.807) is 6.92 Å². The van der Waals surface area contributed by atoms with E-state index >= 15 is 0 Å². The van der Waals surface area contributed by atoms with E-state index in [1.807, 2.05) is 64.4 Å². The van der Waals surface area contributed by atoms with Crippen molar-refractivity contribution in [3.8, 4) is 0 Å². The lowest BCUT2D eigenvalue weighted by Gasteiger charge is -2.45. The van der Waals surface area contributed by atoms with Crippen molar-refractivity contribution in [1.82, 2.24) is 14.7 Å². The van der Waals surface area contributed by atoms with E-state index in [0.717, 1.165) is 23.2 Å². The highest BCUT2D eigenvalue weighted by Crippen LogP contribution is 2.37. The van der Waals surface area contributed by atoms with E-state index < -0.39 is 5.41 Å². The maximum atomic E-state index is 13.9. The van der Waals surface area contributed by atoms with Crippen molar-refractivity contribution in [3.63, 3.8) is 0 Å². The van der Waals surface area contributed by atoms with Crippen molar-refractivity contribution in [2.24, 2.45) is 0 Å². The molecule has 7 heteroatoms. The molecule has 0 atom stereocenters. The van der Waals surface area contributed by atoms with Crippen molar-refractivity contribution in [1.29, 1.82) is 0 Å². The number of piperidine rings is 1. The van der Waals surface area contributed by atoms with Crippen LogP contribution in [0.15, 0.2) is 54.6 Å². The topological polar surface area (TPSA) is 73.0 Å². The van der Waals surface area contributed by atoms with Gasteiger partial charge < -0.3 is 15.1 Å². The molecule has 0 spiro atoms. The van der Waals surface area contributed by atoms with Gasteiger partial charge in [0, 0.05) is 51.9 Å².